The molecule has 3 heteroatoms. The van der Waals surface area contributed by atoms with Crippen molar-refractivity contribution in [2.24, 2.45) is 5.92 Å². The van der Waals surface area contributed by atoms with Crippen molar-refractivity contribution < 1.29 is 4.74 Å². The van der Waals surface area contributed by atoms with Gasteiger partial charge in [0.1, 0.15) is 0 Å². The van der Waals surface area contributed by atoms with Crippen molar-refractivity contribution in [3.63, 3.8) is 0 Å². The Morgan fingerprint density at radius 1 is 1.40 bits per heavy atom. The molecule has 3 unspecified atom stereocenters. The topological polar surface area (TPSA) is 34.1 Å². The summed E-state index contributed by atoms with van der Waals surface area (Å²) >= 11 is 0. The second-order valence-corrected chi connectivity index (χ2v) is 6.12. The molecule has 3 rings (SSSR count). The maximum absolute atomic E-state index is 6.10. The standard InChI is InChI=1S/C17H26N2O/c1-3-20-17(13-9-10-13)16(18-2)14-8-4-6-12-7-5-11-19-15(12)14/h5,7,11,13-14,16-18H,3-4,6,8-10H2,1-2H3. The SMILES string of the molecule is CCOC(C1CC1)C(NC)C1CCCc2cccnc21. The number of hydrogen-bond donors (Lipinski definition) is 1. The van der Waals surface area contributed by atoms with Crippen LogP contribution in [0.25, 0.3) is 0 Å². The molecule has 1 saturated carbocycles. The fraction of sp³-hybridized carbons (Fsp3) is 0.706. The molecule has 0 amide bonds. The van der Waals surface area contributed by atoms with E-state index in [4.69, 9.17) is 9.72 Å². The number of likely N-dealkylation sites (N-methyl/N-ethyl adjacent to an activating group) is 1. The van der Waals surface area contributed by atoms with E-state index in [-0.39, 0.29) is 0 Å². The van der Waals surface area contributed by atoms with Crippen LogP contribution < -0.4 is 5.32 Å². The van der Waals surface area contributed by atoms with Gasteiger partial charge in [-0.25, -0.2) is 0 Å². The van der Waals surface area contributed by atoms with Crippen molar-refractivity contribution in [1.29, 1.82) is 0 Å². The number of rotatable bonds is 6. The summed E-state index contributed by atoms with van der Waals surface area (Å²) in [6.45, 7) is 2.91. The van der Waals surface area contributed by atoms with Crippen molar-refractivity contribution in [2.75, 3.05) is 13.7 Å². The largest absolute Gasteiger partial charge is 0.377 e. The van der Waals surface area contributed by atoms with Crippen LogP contribution in [0, 0.1) is 5.92 Å². The molecule has 0 aromatic carbocycles. The molecule has 2 aliphatic carbocycles. The molecule has 0 aliphatic heterocycles. The zero-order valence-electron chi connectivity index (χ0n) is 12.6. The number of fused-ring (bicyclic) bond motifs is 1. The second-order valence-electron chi connectivity index (χ2n) is 6.12. The normalized spacial score (nSPS) is 25.0. The van der Waals surface area contributed by atoms with Gasteiger partial charge in [-0.05, 0) is 63.6 Å². The van der Waals surface area contributed by atoms with Gasteiger partial charge >= 0.3 is 0 Å². The van der Waals surface area contributed by atoms with E-state index in [0.29, 0.717) is 18.1 Å². The lowest BCUT2D eigenvalue weighted by Crippen LogP contribution is -2.46. The summed E-state index contributed by atoms with van der Waals surface area (Å²) in [7, 11) is 2.08. The molecule has 1 fully saturated rings. The van der Waals surface area contributed by atoms with E-state index in [1.807, 2.05) is 6.20 Å². The molecule has 1 N–H and O–H groups in total. The fourth-order valence-electron chi connectivity index (χ4n) is 3.74. The summed E-state index contributed by atoms with van der Waals surface area (Å²) in [5.74, 6) is 1.25. The molecular formula is C17H26N2O. The lowest BCUT2D eigenvalue weighted by molar-refractivity contribution is 0.0119. The van der Waals surface area contributed by atoms with Crippen molar-refractivity contribution in [3.8, 4) is 0 Å². The second kappa shape index (κ2) is 6.23. The molecule has 110 valence electrons. The zero-order valence-corrected chi connectivity index (χ0v) is 12.6. The molecule has 1 aromatic heterocycles. The van der Waals surface area contributed by atoms with Crippen molar-refractivity contribution in [2.45, 2.75) is 57.1 Å². The van der Waals surface area contributed by atoms with E-state index in [0.717, 1.165) is 12.5 Å². The lowest BCUT2D eigenvalue weighted by atomic mass is 9.79. The zero-order chi connectivity index (χ0) is 13.9. The average molecular weight is 274 g/mol. The molecule has 2 aliphatic rings. The molecular weight excluding hydrogens is 248 g/mol. The highest BCUT2D eigenvalue weighted by Gasteiger charge is 2.41. The first-order chi connectivity index (χ1) is 9.85. The minimum atomic E-state index is 0.350. The van der Waals surface area contributed by atoms with Gasteiger partial charge in [0.25, 0.3) is 0 Å². The highest BCUT2D eigenvalue weighted by molar-refractivity contribution is 5.28. The van der Waals surface area contributed by atoms with Gasteiger partial charge in [-0.1, -0.05) is 6.07 Å². The van der Waals surface area contributed by atoms with Crippen LogP contribution in [0.3, 0.4) is 0 Å². The summed E-state index contributed by atoms with van der Waals surface area (Å²) in [5.41, 5.74) is 2.75. The predicted octanol–water partition coefficient (Wildman–Crippen LogP) is 2.90. The first-order valence-corrected chi connectivity index (χ1v) is 8.07. The average Bonchev–Trinajstić information content (AvgIpc) is 3.32. The number of nitrogens with zero attached hydrogens (tertiary/aromatic N) is 1. The molecule has 1 aromatic rings. The summed E-state index contributed by atoms with van der Waals surface area (Å²) in [4.78, 5) is 4.70. The highest BCUT2D eigenvalue weighted by Crippen LogP contribution is 2.41. The number of pyridine rings is 1. The van der Waals surface area contributed by atoms with Gasteiger partial charge < -0.3 is 10.1 Å². The van der Waals surface area contributed by atoms with Crippen LogP contribution >= 0.6 is 0 Å². The van der Waals surface area contributed by atoms with Crippen LogP contribution in [-0.2, 0) is 11.2 Å². The monoisotopic (exact) mass is 274 g/mol. The molecule has 1 heterocycles. The predicted molar refractivity (Wildman–Crippen MR) is 80.9 cm³/mol. The first kappa shape index (κ1) is 14.0. The maximum Gasteiger partial charge on any atom is 0.0762 e. The Hall–Kier alpha value is -0.930. The minimum absolute atomic E-state index is 0.350. The van der Waals surface area contributed by atoms with E-state index in [2.05, 4.69) is 31.4 Å². The Labute approximate surface area is 122 Å². The Morgan fingerprint density at radius 3 is 2.95 bits per heavy atom. The molecule has 0 saturated heterocycles. The fourth-order valence-corrected chi connectivity index (χ4v) is 3.74. The van der Waals surface area contributed by atoms with Crippen LogP contribution in [0.2, 0.25) is 0 Å². The summed E-state index contributed by atoms with van der Waals surface area (Å²) in [5, 5.41) is 3.55. The highest BCUT2D eigenvalue weighted by atomic mass is 16.5. The molecule has 0 bridgehead atoms. The van der Waals surface area contributed by atoms with Gasteiger partial charge in [0, 0.05) is 30.5 Å². The van der Waals surface area contributed by atoms with Crippen LogP contribution in [0.1, 0.15) is 49.8 Å². The van der Waals surface area contributed by atoms with Crippen molar-refractivity contribution >= 4 is 0 Å². The maximum atomic E-state index is 6.10. The Morgan fingerprint density at radius 2 is 2.25 bits per heavy atom. The van der Waals surface area contributed by atoms with E-state index < -0.39 is 0 Å². The quantitative estimate of drug-likeness (QED) is 0.866. The van der Waals surface area contributed by atoms with Crippen LogP contribution in [0.5, 0.6) is 0 Å². The lowest BCUT2D eigenvalue weighted by Gasteiger charge is -2.36. The number of ether oxygens (including phenoxy) is 1. The molecule has 0 radical (unpaired) electrons. The van der Waals surface area contributed by atoms with Gasteiger partial charge in [-0.15, -0.1) is 0 Å². The van der Waals surface area contributed by atoms with Crippen LogP contribution in [-0.4, -0.2) is 30.8 Å². The number of nitrogens with one attached hydrogen (secondary N) is 1. The molecule has 3 nitrogen and oxygen atoms in total. The first-order valence-electron chi connectivity index (χ1n) is 8.07. The third kappa shape index (κ3) is 2.75. The van der Waals surface area contributed by atoms with Gasteiger partial charge in [-0.3, -0.25) is 4.98 Å². The number of hydrogen-bond acceptors (Lipinski definition) is 3. The van der Waals surface area contributed by atoms with Gasteiger partial charge in [-0.2, -0.15) is 0 Å². The summed E-state index contributed by atoms with van der Waals surface area (Å²) in [6, 6.07) is 4.71. The van der Waals surface area contributed by atoms with E-state index in [9.17, 15) is 0 Å². The number of aromatic nitrogens is 1. The third-order valence-electron chi connectivity index (χ3n) is 4.81. The van der Waals surface area contributed by atoms with E-state index >= 15 is 0 Å². The summed E-state index contributed by atoms with van der Waals surface area (Å²) in [6.07, 6.45) is 8.62. The third-order valence-corrected chi connectivity index (χ3v) is 4.81. The van der Waals surface area contributed by atoms with Crippen LogP contribution in [0.15, 0.2) is 18.3 Å². The smallest absolute Gasteiger partial charge is 0.0762 e. The Bertz CT molecular complexity index is 444. The molecule has 20 heavy (non-hydrogen) atoms. The van der Waals surface area contributed by atoms with Gasteiger partial charge in [0.05, 0.1) is 6.10 Å². The Balaban J connectivity index is 1.85. The van der Waals surface area contributed by atoms with Gasteiger partial charge in [0.15, 0.2) is 0 Å². The van der Waals surface area contributed by atoms with E-state index in [1.54, 1.807) is 0 Å². The minimum Gasteiger partial charge on any atom is -0.377 e. The molecule has 3 atom stereocenters. The van der Waals surface area contributed by atoms with Crippen molar-refractivity contribution in [1.82, 2.24) is 10.3 Å². The van der Waals surface area contributed by atoms with Gasteiger partial charge in [0.2, 0.25) is 0 Å². The van der Waals surface area contributed by atoms with Crippen LogP contribution in [0.4, 0.5) is 0 Å². The van der Waals surface area contributed by atoms with Crippen molar-refractivity contribution in [3.05, 3.63) is 29.6 Å². The Kier molecular flexibility index (Phi) is 4.37. The molecule has 0 spiro atoms. The van der Waals surface area contributed by atoms with E-state index in [1.165, 1.54) is 43.4 Å². The number of aryl methyl sites for hydroxylation is 1. The summed E-state index contributed by atoms with van der Waals surface area (Å²) < 4.78 is 6.10.